The maximum atomic E-state index is 12.2. The molecule has 33 heavy (non-hydrogen) atoms. The van der Waals surface area contributed by atoms with Crippen molar-refractivity contribution >= 4 is 40.1 Å². The normalized spacial score (nSPS) is 23.0. The number of rotatable bonds is 7. The zero-order valence-corrected chi connectivity index (χ0v) is 24.4. The van der Waals surface area contributed by atoms with E-state index in [2.05, 4.69) is 64.6 Å². The van der Waals surface area contributed by atoms with Crippen LogP contribution in [0, 0.1) is 5.41 Å². The molecule has 1 aliphatic heterocycles. The highest BCUT2D eigenvalue weighted by molar-refractivity contribution is 14.2. The molecule has 0 radical (unpaired) electrons. The summed E-state index contributed by atoms with van der Waals surface area (Å²) in [5.74, 6) is 0. The number of aromatic nitrogens is 2. The monoisotopic (exact) mass is 590 g/mol. The summed E-state index contributed by atoms with van der Waals surface area (Å²) in [4.78, 5) is 16.1. The molecule has 1 aromatic heterocycles. The van der Waals surface area contributed by atoms with Crippen LogP contribution < -0.4 is 0 Å². The highest BCUT2D eigenvalue weighted by Gasteiger charge is 2.50. The Morgan fingerprint density at radius 1 is 1.30 bits per heavy atom. The predicted molar refractivity (Wildman–Crippen MR) is 144 cm³/mol. The van der Waals surface area contributed by atoms with E-state index in [4.69, 9.17) is 14.6 Å². The van der Waals surface area contributed by atoms with Crippen LogP contribution in [0.25, 0.3) is 5.57 Å². The number of hydrogen-bond acceptors (Lipinski definition) is 5. The summed E-state index contributed by atoms with van der Waals surface area (Å²) in [6.07, 6.45) is 9.31. The lowest BCUT2D eigenvalue weighted by Gasteiger charge is -2.42. The van der Waals surface area contributed by atoms with Crippen molar-refractivity contribution < 1.29 is 14.3 Å². The maximum Gasteiger partial charge on any atom is 0.410 e. The fourth-order valence-corrected chi connectivity index (χ4v) is 5.89. The van der Waals surface area contributed by atoms with Gasteiger partial charge in [0.05, 0.1) is 17.7 Å². The highest BCUT2D eigenvalue weighted by atomic mass is 127. The van der Waals surface area contributed by atoms with E-state index in [1.807, 2.05) is 20.8 Å². The Kier molecular flexibility index (Phi) is 8.56. The van der Waals surface area contributed by atoms with Crippen LogP contribution in [0.1, 0.15) is 71.6 Å². The van der Waals surface area contributed by atoms with Crippen LogP contribution in [-0.4, -0.2) is 70.4 Å². The molecule has 186 valence electrons. The summed E-state index contributed by atoms with van der Waals surface area (Å²) in [5.41, 5.74) is 3.48. The Morgan fingerprint density at radius 3 is 2.58 bits per heavy atom. The fraction of sp³-hybridized carbons (Fsp3) is 0.750. The lowest BCUT2D eigenvalue weighted by molar-refractivity contribution is -0.0364. The molecule has 7 nitrogen and oxygen atoms in total. The highest BCUT2D eigenvalue weighted by Crippen LogP contribution is 2.53. The lowest BCUT2D eigenvalue weighted by atomic mass is 9.64. The fourth-order valence-electron chi connectivity index (χ4n) is 4.80. The Balaban J connectivity index is 1.65. The van der Waals surface area contributed by atoms with Gasteiger partial charge in [-0.15, -0.1) is 0 Å². The lowest BCUT2D eigenvalue weighted by Crippen LogP contribution is -2.40. The molecule has 1 aromatic rings. The van der Waals surface area contributed by atoms with Crippen LogP contribution >= 0.6 is 28.4 Å². The molecule has 1 fully saturated rings. The first kappa shape index (κ1) is 26.9. The van der Waals surface area contributed by atoms with Gasteiger partial charge in [0.15, 0.2) is 0 Å². The largest absolute Gasteiger partial charge is 0.444 e. The van der Waals surface area contributed by atoms with Crippen molar-refractivity contribution in [2.24, 2.45) is 5.41 Å². The Hall–Kier alpha value is -0.700. The summed E-state index contributed by atoms with van der Waals surface area (Å²) < 4.78 is 13.6. The van der Waals surface area contributed by atoms with E-state index in [9.17, 15) is 4.79 Å². The SMILES string of the molecule is CN(CCN(C)C(=O)OC(C)(C)C)Cc1cn(PI)nc1C1=CCC2(CCOC2(C)C)CC1. The molecular weight excluding hydrogens is 550 g/mol. The van der Waals surface area contributed by atoms with Gasteiger partial charge in [-0.3, -0.25) is 0 Å². The number of nitrogens with zero attached hydrogens (tertiary/aromatic N) is 4. The first-order valence-electron chi connectivity index (χ1n) is 11.8. The van der Waals surface area contributed by atoms with Crippen LogP contribution in [0.2, 0.25) is 0 Å². The number of halogens is 1. The molecule has 3 rings (SSSR count). The molecule has 0 saturated carbocycles. The molecule has 1 aliphatic carbocycles. The van der Waals surface area contributed by atoms with Crippen LogP contribution in [0.5, 0.6) is 0 Å². The number of amides is 1. The van der Waals surface area contributed by atoms with Gasteiger partial charge in [0.2, 0.25) is 0 Å². The number of carbonyl (C=O) groups excluding carboxylic acids is 1. The molecule has 2 atom stereocenters. The molecule has 2 heterocycles. The summed E-state index contributed by atoms with van der Waals surface area (Å²) in [6.45, 7) is 13.2. The van der Waals surface area contributed by atoms with Gasteiger partial charge in [-0.05, 0) is 95.0 Å². The second-order valence-electron chi connectivity index (χ2n) is 11.0. The average molecular weight is 590 g/mol. The standard InChI is InChI=1S/C24H40IN4O3P/c1-22(2,3)32-21(30)28(7)14-13-27(6)16-19-17-29(33-25)26-20(19)18-8-10-24(11-9-18)12-15-31-23(24,4)5/h8,17,33H,9-16H2,1-7H3. The van der Waals surface area contributed by atoms with Crippen LogP contribution in [0.4, 0.5) is 4.79 Å². The van der Waals surface area contributed by atoms with Crippen molar-refractivity contribution in [3.63, 3.8) is 0 Å². The number of ether oxygens (including phenoxy) is 2. The average Bonchev–Trinajstić information content (AvgIpc) is 3.26. The van der Waals surface area contributed by atoms with E-state index < -0.39 is 5.60 Å². The van der Waals surface area contributed by atoms with Gasteiger partial charge in [0, 0.05) is 50.5 Å². The maximum absolute atomic E-state index is 12.2. The molecule has 9 heteroatoms. The van der Waals surface area contributed by atoms with Crippen molar-refractivity contribution in [3.05, 3.63) is 23.5 Å². The van der Waals surface area contributed by atoms with Crippen molar-refractivity contribution in [3.8, 4) is 0 Å². The minimum absolute atomic E-state index is 0.0544. The predicted octanol–water partition coefficient (Wildman–Crippen LogP) is 5.73. The summed E-state index contributed by atoms with van der Waals surface area (Å²) >= 11 is 2.38. The van der Waals surface area contributed by atoms with E-state index >= 15 is 0 Å². The van der Waals surface area contributed by atoms with Gasteiger partial charge in [0.1, 0.15) is 5.60 Å². The number of hydrogen-bond donors (Lipinski definition) is 0. The van der Waals surface area contributed by atoms with Crippen molar-refractivity contribution in [1.29, 1.82) is 0 Å². The van der Waals surface area contributed by atoms with E-state index in [1.165, 1.54) is 11.1 Å². The van der Waals surface area contributed by atoms with Gasteiger partial charge < -0.3 is 19.3 Å². The van der Waals surface area contributed by atoms with Crippen LogP contribution in [0.3, 0.4) is 0 Å². The summed E-state index contributed by atoms with van der Waals surface area (Å²) in [5, 5.41) is 4.93. The van der Waals surface area contributed by atoms with E-state index in [0.717, 1.165) is 51.1 Å². The van der Waals surface area contributed by atoms with Gasteiger partial charge in [-0.1, -0.05) is 6.08 Å². The van der Waals surface area contributed by atoms with E-state index in [1.54, 1.807) is 11.9 Å². The zero-order chi connectivity index (χ0) is 24.4. The number of carbonyl (C=O) groups is 1. The third-order valence-corrected chi connectivity index (χ3v) is 8.96. The topological polar surface area (TPSA) is 59.8 Å². The van der Waals surface area contributed by atoms with Crippen molar-refractivity contribution in [2.75, 3.05) is 33.8 Å². The van der Waals surface area contributed by atoms with E-state index in [-0.39, 0.29) is 17.1 Å². The van der Waals surface area contributed by atoms with Crippen molar-refractivity contribution in [2.45, 2.75) is 78.0 Å². The smallest absolute Gasteiger partial charge is 0.410 e. The van der Waals surface area contributed by atoms with Crippen molar-refractivity contribution in [1.82, 2.24) is 19.4 Å². The van der Waals surface area contributed by atoms with E-state index in [0.29, 0.717) is 12.9 Å². The first-order chi connectivity index (χ1) is 15.4. The number of likely N-dealkylation sites (N-methyl/N-ethyl adjacent to an activating group) is 2. The quantitative estimate of drug-likeness (QED) is 0.300. The van der Waals surface area contributed by atoms with Gasteiger partial charge >= 0.3 is 6.09 Å². The number of allylic oxidation sites excluding steroid dienone is 2. The zero-order valence-electron chi connectivity index (χ0n) is 21.2. The second-order valence-corrected chi connectivity index (χ2v) is 13.1. The molecule has 1 amide bonds. The van der Waals surface area contributed by atoms with Crippen LogP contribution in [0.15, 0.2) is 12.3 Å². The Morgan fingerprint density at radius 2 is 2.03 bits per heavy atom. The summed E-state index contributed by atoms with van der Waals surface area (Å²) in [6, 6.07) is 0. The third kappa shape index (κ3) is 6.50. The molecular formula is C24H40IN4O3P. The second kappa shape index (κ2) is 10.5. The minimum Gasteiger partial charge on any atom is -0.444 e. The molecule has 1 spiro atoms. The van der Waals surface area contributed by atoms with Gasteiger partial charge in [-0.2, -0.15) is 5.10 Å². The van der Waals surface area contributed by atoms with Crippen LogP contribution in [-0.2, 0) is 16.0 Å². The Labute approximate surface area is 213 Å². The van der Waals surface area contributed by atoms with Gasteiger partial charge in [-0.25, -0.2) is 9.25 Å². The molecule has 0 aromatic carbocycles. The Bertz CT molecular complexity index is 880. The molecule has 0 N–H and O–H groups in total. The molecule has 1 saturated heterocycles. The minimum atomic E-state index is -0.479. The van der Waals surface area contributed by atoms with Gasteiger partial charge in [0.25, 0.3) is 0 Å². The third-order valence-electron chi connectivity index (χ3n) is 7.08. The first-order valence-corrected chi connectivity index (χ1v) is 15.8. The molecule has 0 bridgehead atoms. The summed E-state index contributed by atoms with van der Waals surface area (Å²) in [7, 11) is 3.89. The molecule has 2 unspecified atom stereocenters. The molecule has 2 aliphatic rings.